The van der Waals surface area contributed by atoms with E-state index in [1.807, 2.05) is 0 Å². The molecule has 0 amide bonds. The van der Waals surface area contributed by atoms with Gasteiger partial charge in [0.05, 0.1) is 0 Å². The molecule has 0 aromatic carbocycles. The van der Waals surface area contributed by atoms with Gasteiger partial charge in [-0.15, -0.1) is 0 Å². The van der Waals surface area contributed by atoms with Gasteiger partial charge in [-0.1, -0.05) is 68.4 Å². The third-order valence-electron chi connectivity index (χ3n) is 3.22. The van der Waals surface area contributed by atoms with Crippen LogP contribution in [0.4, 0.5) is 0 Å². The molecule has 22 heavy (non-hydrogen) atoms. The van der Waals surface area contributed by atoms with E-state index in [2.05, 4.69) is 55.5 Å². The van der Waals surface area contributed by atoms with Gasteiger partial charge in [0, 0.05) is 6.42 Å². The molecule has 0 bridgehead atoms. The smallest absolute Gasteiger partial charge is 0.303 e. The number of rotatable bonds is 14. The zero-order valence-electron chi connectivity index (χ0n) is 14.0. The van der Waals surface area contributed by atoms with Gasteiger partial charge in [0.25, 0.3) is 0 Å². The van der Waals surface area contributed by atoms with E-state index in [9.17, 15) is 4.79 Å². The maximum atomic E-state index is 10.3. The molecular formula is C20H32O2. The summed E-state index contributed by atoms with van der Waals surface area (Å²) in [7, 11) is 0. The lowest BCUT2D eigenvalue weighted by Gasteiger charge is -1.90. The van der Waals surface area contributed by atoms with E-state index >= 15 is 0 Å². The molecule has 124 valence electrons. The van der Waals surface area contributed by atoms with Gasteiger partial charge in [-0.25, -0.2) is 0 Å². The molecule has 0 atom stereocenters. The molecule has 0 heterocycles. The number of aliphatic carboxylic acids is 1. The molecule has 0 aromatic rings. The molecule has 0 saturated carbocycles. The summed E-state index contributed by atoms with van der Waals surface area (Å²) in [6, 6.07) is 0. The number of carboxylic acid groups (broad SMARTS) is 1. The van der Waals surface area contributed by atoms with E-state index < -0.39 is 5.97 Å². The van der Waals surface area contributed by atoms with Crippen molar-refractivity contribution in [2.45, 2.75) is 71.1 Å². The summed E-state index contributed by atoms with van der Waals surface area (Å²) in [5, 5.41) is 8.49. The first kappa shape index (κ1) is 20.4. The lowest BCUT2D eigenvalue weighted by molar-refractivity contribution is -0.137. The average Bonchev–Trinajstić information content (AvgIpc) is 2.50. The molecule has 0 rings (SSSR count). The van der Waals surface area contributed by atoms with Gasteiger partial charge in [-0.2, -0.15) is 0 Å². The third kappa shape index (κ3) is 18.4. The zero-order chi connectivity index (χ0) is 16.3. The van der Waals surface area contributed by atoms with Crippen molar-refractivity contribution in [2.24, 2.45) is 0 Å². The molecule has 0 aliphatic carbocycles. The van der Waals surface area contributed by atoms with E-state index in [0.717, 1.165) is 32.1 Å². The van der Waals surface area contributed by atoms with Crippen molar-refractivity contribution >= 4 is 5.97 Å². The molecule has 0 saturated heterocycles. The highest BCUT2D eigenvalue weighted by Crippen LogP contribution is 2.01. The van der Waals surface area contributed by atoms with Gasteiger partial charge >= 0.3 is 5.97 Å². The summed E-state index contributed by atoms with van der Waals surface area (Å²) in [5.41, 5.74) is 0. The summed E-state index contributed by atoms with van der Waals surface area (Å²) in [6.45, 7) is 2.23. The van der Waals surface area contributed by atoms with Crippen molar-refractivity contribution in [3.8, 4) is 0 Å². The highest BCUT2D eigenvalue weighted by Gasteiger charge is 1.92. The summed E-state index contributed by atoms with van der Waals surface area (Å²) in [4.78, 5) is 10.3. The average molecular weight is 305 g/mol. The van der Waals surface area contributed by atoms with Gasteiger partial charge in [0.2, 0.25) is 0 Å². The Balaban J connectivity index is 3.40. The molecule has 0 aliphatic rings. The molecule has 0 radical (unpaired) electrons. The lowest BCUT2D eigenvalue weighted by Crippen LogP contribution is -1.92. The molecule has 0 aliphatic heterocycles. The van der Waals surface area contributed by atoms with Crippen LogP contribution in [0.15, 0.2) is 48.6 Å². The van der Waals surface area contributed by atoms with Crippen molar-refractivity contribution in [3.05, 3.63) is 48.6 Å². The van der Waals surface area contributed by atoms with Crippen molar-refractivity contribution in [3.63, 3.8) is 0 Å². The number of allylic oxidation sites excluding steroid dienone is 8. The number of unbranched alkanes of at least 4 members (excludes halogenated alkanes) is 4. The predicted octanol–water partition coefficient (Wildman–Crippen LogP) is 6.22. The standard InChI is InChI=1S/C20H32O2/c1-2-3-4-5-6-7-8-9-10-11-12-13-14-15-16-17-18-19-20(21)22/h6-7,9-10,12-13,15-16H,2-5,8,11,14,17-19H2,1H3,(H,21,22)/b7-6-,10-9-,13-12-,16-15-/i6+1. The highest BCUT2D eigenvalue weighted by atomic mass is 16.4. The van der Waals surface area contributed by atoms with Crippen LogP contribution in [0.2, 0.25) is 0 Å². The van der Waals surface area contributed by atoms with Gasteiger partial charge < -0.3 is 5.11 Å². The Hall–Kier alpha value is -1.57. The Morgan fingerprint density at radius 2 is 1.18 bits per heavy atom. The summed E-state index contributed by atoms with van der Waals surface area (Å²) in [6.07, 6.45) is 27.3. The first-order valence-electron chi connectivity index (χ1n) is 8.59. The van der Waals surface area contributed by atoms with Crippen LogP contribution in [0, 0.1) is 0 Å². The molecule has 0 spiro atoms. The van der Waals surface area contributed by atoms with Crippen LogP contribution in [0.1, 0.15) is 71.1 Å². The quantitative estimate of drug-likeness (QED) is 0.235. The minimum atomic E-state index is -0.712. The second kappa shape index (κ2) is 17.5. The molecule has 0 aromatic heterocycles. The first-order chi connectivity index (χ1) is 10.8. The van der Waals surface area contributed by atoms with Gasteiger partial charge in [-0.05, 0) is 44.9 Å². The lowest BCUT2D eigenvalue weighted by atomic mass is 10.2. The summed E-state index contributed by atoms with van der Waals surface area (Å²) in [5.74, 6) is -0.712. The molecule has 2 nitrogen and oxygen atoms in total. The largest absolute Gasteiger partial charge is 0.481 e. The maximum absolute atomic E-state index is 10.3. The van der Waals surface area contributed by atoms with Gasteiger partial charge in [0.1, 0.15) is 0 Å². The number of hydrogen-bond donors (Lipinski definition) is 1. The van der Waals surface area contributed by atoms with E-state index in [4.69, 9.17) is 5.11 Å². The van der Waals surface area contributed by atoms with Gasteiger partial charge in [-0.3, -0.25) is 4.79 Å². The van der Waals surface area contributed by atoms with Crippen LogP contribution in [-0.2, 0) is 4.79 Å². The van der Waals surface area contributed by atoms with Crippen molar-refractivity contribution in [1.29, 1.82) is 0 Å². The van der Waals surface area contributed by atoms with Crippen molar-refractivity contribution in [2.75, 3.05) is 0 Å². The third-order valence-corrected chi connectivity index (χ3v) is 3.22. The monoisotopic (exact) mass is 305 g/mol. The summed E-state index contributed by atoms with van der Waals surface area (Å²) >= 11 is 0. The predicted molar refractivity (Wildman–Crippen MR) is 96.0 cm³/mol. The second-order valence-corrected chi connectivity index (χ2v) is 5.37. The first-order valence-corrected chi connectivity index (χ1v) is 8.59. The van der Waals surface area contributed by atoms with E-state index in [1.54, 1.807) is 0 Å². The Kier molecular flexibility index (Phi) is 16.2. The van der Waals surface area contributed by atoms with Crippen LogP contribution in [-0.4, -0.2) is 11.1 Å². The van der Waals surface area contributed by atoms with Crippen LogP contribution in [0.25, 0.3) is 0 Å². The van der Waals surface area contributed by atoms with E-state index in [0.29, 0.717) is 0 Å². The fourth-order valence-corrected chi connectivity index (χ4v) is 1.93. The highest BCUT2D eigenvalue weighted by molar-refractivity contribution is 5.66. The van der Waals surface area contributed by atoms with Crippen molar-refractivity contribution in [1.82, 2.24) is 0 Å². The zero-order valence-corrected chi connectivity index (χ0v) is 14.0. The maximum Gasteiger partial charge on any atom is 0.303 e. The Labute approximate surface area is 136 Å². The van der Waals surface area contributed by atoms with Crippen LogP contribution >= 0.6 is 0 Å². The molecular weight excluding hydrogens is 273 g/mol. The fourth-order valence-electron chi connectivity index (χ4n) is 1.93. The minimum Gasteiger partial charge on any atom is -0.481 e. The van der Waals surface area contributed by atoms with Crippen LogP contribution in [0.3, 0.4) is 0 Å². The van der Waals surface area contributed by atoms with Crippen LogP contribution < -0.4 is 0 Å². The number of carboxylic acids is 1. The van der Waals surface area contributed by atoms with E-state index in [-0.39, 0.29) is 6.42 Å². The Morgan fingerprint density at radius 3 is 1.64 bits per heavy atom. The van der Waals surface area contributed by atoms with E-state index in [1.165, 1.54) is 25.7 Å². The number of carbonyl (C=O) groups is 1. The molecule has 1 N–H and O–H groups in total. The molecule has 2 heteroatoms. The Morgan fingerprint density at radius 1 is 0.727 bits per heavy atom. The van der Waals surface area contributed by atoms with Crippen LogP contribution in [0.5, 0.6) is 0 Å². The van der Waals surface area contributed by atoms with Crippen molar-refractivity contribution < 1.29 is 9.90 Å². The molecule has 0 unspecified atom stereocenters. The fraction of sp³-hybridized carbons (Fsp3) is 0.550. The normalized spacial score (nSPS) is 12.4. The summed E-state index contributed by atoms with van der Waals surface area (Å²) < 4.78 is 0. The topological polar surface area (TPSA) is 37.3 Å². The number of hydrogen-bond acceptors (Lipinski definition) is 1. The Bertz CT molecular complexity index is 362. The second-order valence-electron chi connectivity index (χ2n) is 5.37. The SMILES string of the molecule is CCCCC/[13CH]=C\C/C=C\C/C=C\C/C=C\CCCC(=O)O. The molecule has 0 fully saturated rings. The minimum absolute atomic E-state index is 0.262. The van der Waals surface area contributed by atoms with Gasteiger partial charge in [0.15, 0.2) is 0 Å².